The largest absolute Gasteiger partial charge is 0.315 e. The van der Waals surface area contributed by atoms with Gasteiger partial charge in [-0.15, -0.1) is 0 Å². The summed E-state index contributed by atoms with van der Waals surface area (Å²) in [6.07, 6.45) is 11.5. The average molecular weight is 266 g/mol. The maximum Gasteiger partial charge on any atom is 0.0271 e. The molecule has 2 nitrogen and oxygen atoms in total. The predicted molar refractivity (Wildman–Crippen MR) is 83.5 cm³/mol. The Morgan fingerprint density at radius 1 is 1.05 bits per heavy atom. The van der Waals surface area contributed by atoms with E-state index in [1.54, 1.807) is 0 Å². The van der Waals surface area contributed by atoms with Crippen LogP contribution in [0.4, 0.5) is 0 Å². The molecule has 0 saturated heterocycles. The van der Waals surface area contributed by atoms with Crippen LogP contribution in [0.15, 0.2) is 0 Å². The van der Waals surface area contributed by atoms with Crippen LogP contribution >= 0.6 is 0 Å². The van der Waals surface area contributed by atoms with Crippen LogP contribution in [-0.4, -0.2) is 37.6 Å². The van der Waals surface area contributed by atoms with E-state index in [4.69, 9.17) is 0 Å². The molecule has 0 radical (unpaired) electrons. The summed E-state index contributed by atoms with van der Waals surface area (Å²) in [5, 5.41) is 3.62. The first-order valence-corrected chi connectivity index (χ1v) is 8.42. The smallest absolute Gasteiger partial charge is 0.0271 e. The second kappa shape index (κ2) is 6.58. The molecule has 0 aliphatic heterocycles. The summed E-state index contributed by atoms with van der Waals surface area (Å²) in [5.41, 5.74) is 0.443. The lowest BCUT2D eigenvalue weighted by molar-refractivity contribution is 0.0548. The highest BCUT2D eigenvalue weighted by Gasteiger charge is 2.39. The van der Waals surface area contributed by atoms with Gasteiger partial charge in [-0.25, -0.2) is 0 Å². The van der Waals surface area contributed by atoms with Gasteiger partial charge in [-0.05, 0) is 51.1 Å². The summed E-state index contributed by atoms with van der Waals surface area (Å²) in [6.45, 7) is 6.20. The van der Waals surface area contributed by atoms with Crippen LogP contribution in [0.25, 0.3) is 0 Å². The maximum atomic E-state index is 3.62. The fraction of sp³-hybridized carbons (Fsp3) is 1.00. The van der Waals surface area contributed by atoms with E-state index in [-0.39, 0.29) is 0 Å². The van der Waals surface area contributed by atoms with Crippen LogP contribution in [0.2, 0.25) is 0 Å². The normalized spacial score (nSPS) is 32.7. The third-order valence-corrected chi connectivity index (χ3v) is 5.70. The lowest BCUT2D eigenvalue weighted by Gasteiger charge is -2.48. The van der Waals surface area contributed by atoms with Gasteiger partial charge in [-0.3, -0.25) is 0 Å². The Morgan fingerprint density at radius 3 is 2.37 bits per heavy atom. The molecule has 0 aromatic carbocycles. The molecule has 19 heavy (non-hydrogen) atoms. The van der Waals surface area contributed by atoms with Gasteiger partial charge in [0.25, 0.3) is 0 Å². The Kier molecular flexibility index (Phi) is 5.30. The van der Waals surface area contributed by atoms with Crippen LogP contribution in [-0.2, 0) is 0 Å². The van der Waals surface area contributed by atoms with Crippen molar-refractivity contribution in [1.29, 1.82) is 0 Å². The molecular weight excluding hydrogens is 232 g/mol. The number of nitrogens with one attached hydrogen (secondary N) is 1. The topological polar surface area (TPSA) is 15.3 Å². The Bertz CT molecular complexity index is 268. The van der Waals surface area contributed by atoms with E-state index < -0.39 is 0 Å². The standard InChI is InChI=1S/C17H34N2/c1-17(2)12-8-11-15(16(17)18-3)19(4)13-14-9-6-5-7-10-14/h14-16,18H,5-13H2,1-4H3. The van der Waals surface area contributed by atoms with E-state index in [9.17, 15) is 0 Å². The molecule has 2 aliphatic rings. The number of likely N-dealkylation sites (N-methyl/N-ethyl adjacent to an activating group) is 2. The molecule has 0 spiro atoms. The van der Waals surface area contributed by atoms with Crippen molar-refractivity contribution in [2.24, 2.45) is 11.3 Å². The second-order valence-corrected chi connectivity index (χ2v) is 7.66. The highest BCUT2D eigenvalue weighted by Crippen LogP contribution is 2.38. The quantitative estimate of drug-likeness (QED) is 0.835. The van der Waals surface area contributed by atoms with Crippen LogP contribution < -0.4 is 5.32 Å². The van der Waals surface area contributed by atoms with Crippen molar-refractivity contribution in [2.75, 3.05) is 20.6 Å². The van der Waals surface area contributed by atoms with Gasteiger partial charge in [0.05, 0.1) is 0 Å². The zero-order valence-electron chi connectivity index (χ0n) is 13.5. The lowest BCUT2D eigenvalue weighted by atomic mass is 9.70. The van der Waals surface area contributed by atoms with Crippen molar-refractivity contribution in [3.05, 3.63) is 0 Å². The molecule has 0 bridgehead atoms. The molecule has 1 N–H and O–H groups in total. The fourth-order valence-electron chi connectivity index (χ4n) is 4.58. The molecule has 2 atom stereocenters. The van der Waals surface area contributed by atoms with Crippen LogP contribution in [0.3, 0.4) is 0 Å². The van der Waals surface area contributed by atoms with Gasteiger partial charge in [-0.1, -0.05) is 39.5 Å². The van der Waals surface area contributed by atoms with Crippen LogP contribution in [0.1, 0.15) is 65.2 Å². The maximum absolute atomic E-state index is 3.62. The molecule has 0 amide bonds. The molecule has 2 aliphatic carbocycles. The monoisotopic (exact) mass is 266 g/mol. The molecule has 0 aromatic heterocycles. The summed E-state index contributed by atoms with van der Waals surface area (Å²) >= 11 is 0. The van der Waals surface area contributed by atoms with Gasteiger partial charge < -0.3 is 10.2 Å². The predicted octanol–water partition coefficient (Wildman–Crippen LogP) is 3.67. The number of rotatable bonds is 4. The van der Waals surface area contributed by atoms with Crippen LogP contribution in [0, 0.1) is 11.3 Å². The number of nitrogens with zero attached hydrogens (tertiary/aromatic N) is 1. The van der Waals surface area contributed by atoms with Crippen molar-refractivity contribution in [2.45, 2.75) is 77.3 Å². The Morgan fingerprint density at radius 2 is 1.74 bits per heavy atom. The molecule has 2 saturated carbocycles. The van der Waals surface area contributed by atoms with Gasteiger partial charge >= 0.3 is 0 Å². The number of hydrogen-bond donors (Lipinski definition) is 1. The first kappa shape index (κ1) is 15.3. The van der Waals surface area contributed by atoms with E-state index in [2.05, 4.69) is 38.2 Å². The van der Waals surface area contributed by atoms with Gasteiger partial charge in [0.1, 0.15) is 0 Å². The van der Waals surface area contributed by atoms with Crippen molar-refractivity contribution < 1.29 is 0 Å². The molecule has 2 rings (SSSR count). The molecule has 2 heteroatoms. The van der Waals surface area contributed by atoms with E-state index in [1.165, 1.54) is 57.9 Å². The van der Waals surface area contributed by atoms with Crippen LogP contribution in [0.5, 0.6) is 0 Å². The SMILES string of the molecule is CNC1C(N(C)CC2CCCCC2)CCCC1(C)C. The fourth-order valence-corrected chi connectivity index (χ4v) is 4.58. The first-order chi connectivity index (χ1) is 9.04. The van der Waals surface area contributed by atoms with Gasteiger partial charge in [0.15, 0.2) is 0 Å². The lowest BCUT2D eigenvalue weighted by Crippen LogP contribution is -2.57. The first-order valence-electron chi connectivity index (χ1n) is 8.42. The Balaban J connectivity index is 1.94. The van der Waals surface area contributed by atoms with Gasteiger partial charge in [-0.2, -0.15) is 0 Å². The highest BCUT2D eigenvalue weighted by molar-refractivity contribution is 4.97. The second-order valence-electron chi connectivity index (χ2n) is 7.66. The molecule has 112 valence electrons. The van der Waals surface area contributed by atoms with Crippen molar-refractivity contribution >= 4 is 0 Å². The minimum Gasteiger partial charge on any atom is -0.315 e. The molecule has 2 fully saturated rings. The van der Waals surface area contributed by atoms with Crippen molar-refractivity contribution in [3.63, 3.8) is 0 Å². The molecule has 0 heterocycles. The Hall–Kier alpha value is -0.0800. The third kappa shape index (κ3) is 3.72. The minimum absolute atomic E-state index is 0.443. The zero-order chi connectivity index (χ0) is 13.9. The highest BCUT2D eigenvalue weighted by atomic mass is 15.2. The van der Waals surface area contributed by atoms with E-state index >= 15 is 0 Å². The minimum atomic E-state index is 0.443. The van der Waals surface area contributed by atoms with E-state index in [0.29, 0.717) is 11.5 Å². The molecule has 2 unspecified atom stereocenters. The van der Waals surface area contributed by atoms with E-state index in [0.717, 1.165) is 12.0 Å². The van der Waals surface area contributed by atoms with Gasteiger partial charge in [0, 0.05) is 18.6 Å². The van der Waals surface area contributed by atoms with Crippen molar-refractivity contribution in [3.8, 4) is 0 Å². The summed E-state index contributed by atoms with van der Waals surface area (Å²) in [4.78, 5) is 2.68. The zero-order valence-corrected chi connectivity index (χ0v) is 13.5. The summed E-state index contributed by atoms with van der Waals surface area (Å²) < 4.78 is 0. The molecule has 0 aromatic rings. The van der Waals surface area contributed by atoms with Crippen molar-refractivity contribution in [1.82, 2.24) is 10.2 Å². The van der Waals surface area contributed by atoms with Gasteiger partial charge in [0.2, 0.25) is 0 Å². The summed E-state index contributed by atoms with van der Waals surface area (Å²) in [7, 11) is 4.52. The summed E-state index contributed by atoms with van der Waals surface area (Å²) in [6, 6.07) is 1.38. The molecular formula is C17H34N2. The average Bonchev–Trinajstić information content (AvgIpc) is 2.38. The van der Waals surface area contributed by atoms with E-state index in [1.807, 2.05) is 0 Å². The Labute approximate surface area is 120 Å². The summed E-state index contributed by atoms with van der Waals surface area (Å²) in [5.74, 6) is 0.960. The number of hydrogen-bond acceptors (Lipinski definition) is 2. The third-order valence-electron chi connectivity index (χ3n) is 5.70.